The molecule has 1 aromatic carbocycles. The van der Waals surface area contributed by atoms with Crippen LogP contribution < -0.4 is 5.32 Å². The molecule has 0 fully saturated rings. The molecule has 1 amide bonds. The first-order valence-corrected chi connectivity index (χ1v) is 6.03. The summed E-state index contributed by atoms with van der Waals surface area (Å²) in [7, 11) is 0. The molecule has 0 aliphatic carbocycles. The van der Waals surface area contributed by atoms with E-state index >= 15 is 0 Å². The van der Waals surface area contributed by atoms with Crippen molar-refractivity contribution in [2.75, 3.05) is 0 Å². The predicted molar refractivity (Wildman–Crippen MR) is 68.7 cm³/mol. The van der Waals surface area contributed by atoms with Crippen molar-refractivity contribution in [3.8, 4) is 0 Å². The van der Waals surface area contributed by atoms with E-state index in [-0.39, 0.29) is 12.6 Å². The maximum atomic E-state index is 11.8. The topological polar surface area (TPSA) is 55.4 Å². The minimum absolute atomic E-state index is 0.231. The van der Waals surface area contributed by atoms with Crippen LogP contribution in [-0.4, -0.2) is 18.4 Å². The second-order valence-corrected chi connectivity index (χ2v) is 4.56. The van der Waals surface area contributed by atoms with Crippen LogP contribution in [0, 0.1) is 5.92 Å². The summed E-state index contributed by atoms with van der Waals surface area (Å²) in [6.45, 7) is 4.21. The van der Waals surface area contributed by atoms with Crippen molar-refractivity contribution in [3.63, 3.8) is 0 Å². The molecule has 0 aliphatic rings. The molecule has 0 saturated heterocycles. The Morgan fingerprint density at radius 2 is 2.00 bits per heavy atom. The Morgan fingerprint density at radius 3 is 2.56 bits per heavy atom. The molecule has 0 radical (unpaired) electrons. The number of amides is 1. The molecule has 18 heavy (non-hydrogen) atoms. The summed E-state index contributed by atoms with van der Waals surface area (Å²) in [6, 6.07) is 8.89. The molecule has 0 spiro atoms. The standard InChI is InChI=1S/C14H19NO3/c1-11(2)8-13(15-10-16)14(17)18-9-12-6-4-3-5-7-12/h3-7,10-11,13H,8-9H2,1-2H3,(H,15,16)/t13-/m1/s1. The van der Waals surface area contributed by atoms with E-state index < -0.39 is 6.04 Å². The van der Waals surface area contributed by atoms with E-state index in [0.29, 0.717) is 18.7 Å². The molecule has 1 N–H and O–H groups in total. The van der Waals surface area contributed by atoms with Gasteiger partial charge in [0.25, 0.3) is 0 Å². The minimum Gasteiger partial charge on any atom is -0.459 e. The van der Waals surface area contributed by atoms with Crippen LogP contribution in [0.1, 0.15) is 25.8 Å². The van der Waals surface area contributed by atoms with Gasteiger partial charge in [-0.05, 0) is 17.9 Å². The third-order valence-electron chi connectivity index (χ3n) is 2.48. The average molecular weight is 249 g/mol. The minimum atomic E-state index is -0.564. The van der Waals surface area contributed by atoms with E-state index in [9.17, 15) is 9.59 Å². The van der Waals surface area contributed by atoms with Crippen LogP contribution in [-0.2, 0) is 20.9 Å². The lowest BCUT2D eigenvalue weighted by Gasteiger charge is -2.16. The summed E-state index contributed by atoms with van der Waals surface area (Å²) in [4.78, 5) is 22.3. The zero-order valence-corrected chi connectivity index (χ0v) is 10.8. The maximum Gasteiger partial charge on any atom is 0.328 e. The number of rotatable bonds is 7. The van der Waals surface area contributed by atoms with Crippen LogP contribution in [0.2, 0.25) is 0 Å². The fourth-order valence-electron chi connectivity index (χ4n) is 1.62. The van der Waals surface area contributed by atoms with Crippen molar-refractivity contribution in [1.29, 1.82) is 0 Å². The number of ether oxygens (including phenoxy) is 1. The van der Waals surface area contributed by atoms with Gasteiger partial charge in [-0.15, -0.1) is 0 Å². The molecule has 0 aliphatic heterocycles. The summed E-state index contributed by atoms with van der Waals surface area (Å²) >= 11 is 0. The lowest BCUT2D eigenvalue weighted by Crippen LogP contribution is -2.38. The molecule has 0 aromatic heterocycles. The van der Waals surface area contributed by atoms with Gasteiger partial charge in [0.05, 0.1) is 0 Å². The normalized spacial score (nSPS) is 11.9. The molecule has 4 heteroatoms. The summed E-state index contributed by atoms with van der Waals surface area (Å²) in [5, 5.41) is 2.49. The smallest absolute Gasteiger partial charge is 0.328 e. The fraction of sp³-hybridized carbons (Fsp3) is 0.429. The molecule has 1 rings (SSSR count). The summed E-state index contributed by atoms with van der Waals surface area (Å²) in [5.41, 5.74) is 0.931. The van der Waals surface area contributed by atoms with E-state index in [4.69, 9.17) is 4.74 Å². The van der Waals surface area contributed by atoms with Gasteiger partial charge < -0.3 is 10.1 Å². The number of carbonyl (C=O) groups excluding carboxylic acids is 2. The van der Waals surface area contributed by atoms with Gasteiger partial charge in [0.2, 0.25) is 6.41 Å². The van der Waals surface area contributed by atoms with Gasteiger partial charge in [-0.3, -0.25) is 4.79 Å². The highest BCUT2D eigenvalue weighted by Crippen LogP contribution is 2.08. The predicted octanol–water partition coefficient (Wildman–Crippen LogP) is 1.89. The van der Waals surface area contributed by atoms with Crippen molar-refractivity contribution in [1.82, 2.24) is 5.32 Å². The SMILES string of the molecule is CC(C)C[C@@H](NC=O)C(=O)OCc1ccccc1. The molecule has 4 nitrogen and oxygen atoms in total. The molecule has 1 aromatic rings. The lowest BCUT2D eigenvalue weighted by molar-refractivity contribution is -0.148. The van der Waals surface area contributed by atoms with Crippen molar-refractivity contribution in [3.05, 3.63) is 35.9 Å². The quantitative estimate of drug-likeness (QED) is 0.593. The number of hydrogen-bond donors (Lipinski definition) is 1. The Labute approximate surface area is 107 Å². The molecular formula is C14H19NO3. The summed E-state index contributed by atoms with van der Waals surface area (Å²) in [6.07, 6.45) is 1.11. The third-order valence-corrected chi connectivity index (χ3v) is 2.48. The van der Waals surface area contributed by atoms with Crippen molar-refractivity contribution in [2.45, 2.75) is 32.9 Å². The highest BCUT2D eigenvalue weighted by atomic mass is 16.5. The van der Waals surface area contributed by atoms with Crippen LogP contribution in [0.25, 0.3) is 0 Å². The van der Waals surface area contributed by atoms with Gasteiger partial charge in [-0.1, -0.05) is 44.2 Å². The van der Waals surface area contributed by atoms with E-state index in [1.807, 2.05) is 44.2 Å². The second kappa shape index (κ2) is 7.48. The fourth-order valence-corrected chi connectivity index (χ4v) is 1.62. The van der Waals surface area contributed by atoms with Crippen LogP contribution in [0.3, 0.4) is 0 Å². The molecule has 1 atom stereocenters. The number of esters is 1. The first-order valence-electron chi connectivity index (χ1n) is 6.03. The van der Waals surface area contributed by atoms with Crippen LogP contribution in [0.4, 0.5) is 0 Å². The average Bonchev–Trinajstić information content (AvgIpc) is 2.36. The number of hydrogen-bond acceptors (Lipinski definition) is 3. The molecular weight excluding hydrogens is 230 g/mol. The first kappa shape index (κ1) is 14.2. The van der Waals surface area contributed by atoms with Crippen LogP contribution >= 0.6 is 0 Å². The van der Waals surface area contributed by atoms with Gasteiger partial charge in [0.1, 0.15) is 12.6 Å². The van der Waals surface area contributed by atoms with Gasteiger partial charge >= 0.3 is 5.97 Å². The first-order chi connectivity index (χ1) is 8.63. The Hall–Kier alpha value is -1.84. The lowest BCUT2D eigenvalue weighted by atomic mass is 10.0. The van der Waals surface area contributed by atoms with E-state index in [2.05, 4.69) is 5.32 Å². The van der Waals surface area contributed by atoms with Gasteiger partial charge in [-0.25, -0.2) is 4.79 Å². The Balaban J connectivity index is 2.48. The van der Waals surface area contributed by atoms with E-state index in [1.165, 1.54) is 0 Å². The van der Waals surface area contributed by atoms with Gasteiger partial charge in [0, 0.05) is 0 Å². The van der Waals surface area contributed by atoms with Gasteiger partial charge in [0.15, 0.2) is 0 Å². The second-order valence-electron chi connectivity index (χ2n) is 4.56. The zero-order chi connectivity index (χ0) is 13.4. The number of carbonyl (C=O) groups is 2. The molecule has 0 unspecified atom stereocenters. The third kappa shape index (κ3) is 4.99. The molecule has 0 bridgehead atoms. The highest BCUT2D eigenvalue weighted by Gasteiger charge is 2.20. The van der Waals surface area contributed by atoms with Crippen LogP contribution in [0.15, 0.2) is 30.3 Å². The Bertz CT molecular complexity index is 376. The maximum absolute atomic E-state index is 11.8. The van der Waals surface area contributed by atoms with Crippen molar-refractivity contribution >= 4 is 12.4 Å². The van der Waals surface area contributed by atoms with Crippen molar-refractivity contribution < 1.29 is 14.3 Å². The number of nitrogens with one attached hydrogen (secondary N) is 1. The van der Waals surface area contributed by atoms with Crippen LogP contribution in [0.5, 0.6) is 0 Å². The summed E-state index contributed by atoms with van der Waals surface area (Å²) in [5.74, 6) is -0.0774. The zero-order valence-electron chi connectivity index (χ0n) is 10.8. The molecule has 0 heterocycles. The Kier molecular flexibility index (Phi) is 5.91. The van der Waals surface area contributed by atoms with Gasteiger partial charge in [-0.2, -0.15) is 0 Å². The highest BCUT2D eigenvalue weighted by molar-refractivity contribution is 5.78. The largest absolute Gasteiger partial charge is 0.459 e. The Morgan fingerprint density at radius 1 is 1.33 bits per heavy atom. The van der Waals surface area contributed by atoms with E-state index in [1.54, 1.807) is 0 Å². The monoisotopic (exact) mass is 249 g/mol. The van der Waals surface area contributed by atoms with Crippen molar-refractivity contribution in [2.24, 2.45) is 5.92 Å². The number of benzene rings is 1. The molecule has 0 saturated carbocycles. The summed E-state index contributed by atoms with van der Waals surface area (Å²) < 4.78 is 5.18. The molecule has 98 valence electrons. The van der Waals surface area contributed by atoms with E-state index in [0.717, 1.165) is 5.56 Å².